The second kappa shape index (κ2) is 7.82. The van der Waals surface area contributed by atoms with E-state index in [9.17, 15) is 4.79 Å². The first-order valence-electron chi connectivity index (χ1n) is 8.61. The molecule has 0 aliphatic heterocycles. The van der Waals surface area contributed by atoms with Crippen LogP contribution in [0, 0.1) is 6.92 Å². The number of aryl methyl sites for hydroxylation is 1. The maximum Gasteiger partial charge on any atom is 0.407 e. The van der Waals surface area contributed by atoms with E-state index in [4.69, 9.17) is 4.74 Å². The molecule has 23 heavy (non-hydrogen) atoms. The summed E-state index contributed by atoms with van der Waals surface area (Å²) in [5, 5.41) is 6.65. The Morgan fingerprint density at radius 3 is 2.61 bits per heavy atom. The van der Waals surface area contributed by atoms with Crippen molar-refractivity contribution in [3.63, 3.8) is 0 Å². The summed E-state index contributed by atoms with van der Waals surface area (Å²) in [6, 6.07) is 9.11. The van der Waals surface area contributed by atoms with E-state index in [1.54, 1.807) is 0 Å². The maximum absolute atomic E-state index is 11.9. The molecule has 2 rings (SSSR count). The predicted molar refractivity (Wildman–Crippen MR) is 93.4 cm³/mol. The summed E-state index contributed by atoms with van der Waals surface area (Å²) in [4.78, 5) is 11.9. The molecule has 1 aromatic rings. The number of alkyl carbamates (subject to hydrolysis) is 1. The van der Waals surface area contributed by atoms with Gasteiger partial charge in [0.2, 0.25) is 0 Å². The molecule has 0 aromatic heterocycles. The number of carbonyl (C=O) groups excluding carboxylic acids is 1. The van der Waals surface area contributed by atoms with Gasteiger partial charge in [0.15, 0.2) is 0 Å². The first-order valence-corrected chi connectivity index (χ1v) is 8.61. The van der Waals surface area contributed by atoms with Crippen LogP contribution in [0.3, 0.4) is 0 Å². The van der Waals surface area contributed by atoms with Crippen molar-refractivity contribution in [2.24, 2.45) is 0 Å². The SMILES string of the molecule is Cc1ccccc1CNC1CCCC(NC(=O)OC(C)(C)C)C1. The van der Waals surface area contributed by atoms with Crippen molar-refractivity contribution in [3.8, 4) is 0 Å². The summed E-state index contributed by atoms with van der Waals surface area (Å²) in [5.41, 5.74) is 2.22. The smallest absolute Gasteiger partial charge is 0.407 e. The minimum Gasteiger partial charge on any atom is -0.444 e. The Kier molecular flexibility index (Phi) is 6.05. The van der Waals surface area contributed by atoms with Gasteiger partial charge in [0, 0.05) is 18.6 Å². The van der Waals surface area contributed by atoms with Gasteiger partial charge >= 0.3 is 6.09 Å². The molecule has 1 aliphatic carbocycles. The van der Waals surface area contributed by atoms with Crippen LogP contribution in [0.15, 0.2) is 24.3 Å². The van der Waals surface area contributed by atoms with Crippen molar-refractivity contribution in [2.45, 2.75) is 77.6 Å². The molecule has 0 heterocycles. The van der Waals surface area contributed by atoms with Crippen LogP contribution in [-0.4, -0.2) is 23.8 Å². The van der Waals surface area contributed by atoms with Gasteiger partial charge in [0.1, 0.15) is 5.60 Å². The van der Waals surface area contributed by atoms with Crippen LogP contribution in [-0.2, 0) is 11.3 Å². The zero-order valence-electron chi connectivity index (χ0n) is 14.8. The molecular formula is C19H30N2O2. The van der Waals surface area contributed by atoms with E-state index in [1.807, 2.05) is 20.8 Å². The van der Waals surface area contributed by atoms with Crippen LogP contribution >= 0.6 is 0 Å². The lowest BCUT2D eigenvalue weighted by molar-refractivity contribution is 0.0488. The number of hydrogen-bond donors (Lipinski definition) is 2. The molecule has 0 spiro atoms. The van der Waals surface area contributed by atoms with Gasteiger partial charge in [-0.25, -0.2) is 4.79 Å². The number of ether oxygens (including phenoxy) is 1. The normalized spacial score (nSPS) is 21.7. The van der Waals surface area contributed by atoms with E-state index in [0.717, 1.165) is 25.8 Å². The van der Waals surface area contributed by atoms with Gasteiger partial charge in [-0.05, 0) is 64.5 Å². The van der Waals surface area contributed by atoms with Gasteiger partial charge in [-0.3, -0.25) is 0 Å². The van der Waals surface area contributed by atoms with E-state index >= 15 is 0 Å². The molecule has 1 aliphatic rings. The summed E-state index contributed by atoms with van der Waals surface area (Å²) < 4.78 is 5.35. The standard InChI is InChI=1S/C19H30N2O2/c1-14-8-5-6-9-15(14)13-20-16-10-7-11-17(12-16)21-18(22)23-19(2,3)4/h5-6,8-9,16-17,20H,7,10-13H2,1-4H3,(H,21,22). The van der Waals surface area contributed by atoms with E-state index in [0.29, 0.717) is 6.04 Å². The summed E-state index contributed by atoms with van der Waals surface area (Å²) >= 11 is 0. The highest BCUT2D eigenvalue weighted by atomic mass is 16.6. The van der Waals surface area contributed by atoms with Crippen LogP contribution in [0.25, 0.3) is 0 Å². The number of benzene rings is 1. The molecule has 0 radical (unpaired) electrons. The first-order chi connectivity index (χ1) is 10.8. The molecule has 0 bridgehead atoms. The maximum atomic E-state index is 11.9. The van der Waals surface area contributed by atoms with Crippen molar-refractivity contribution in [2.75, 3.05) is 0 Å². The van der Waals surface area contributed by atoms with Crippen LogP contribution in [0.4, 0.5) is 4.79 Å². The molecule has 2 atom stereocenters. The first kappa shape index (κ1) is 17.8. The van der Waals surface area contributed by atoms with Crippen molar-refractivity contribution in [1.29, 1.82) is 0 Å². The Hall–Kier alpha value is -1.55. The molecule has 4 nitrogen and oxygen atoms in total. The number of carbonyl (C=O) groups is 1. The second-order valence-electron chi connectivity index (χ2n) is 7.51. The third-order valence-corrected chi connectivity index (χ3v) is 4.24. The zero-order valence-corrected chi connectivity index (χ0v) is 14.8. The lowest BCUT2D eigenvalue weighted by atomic mass is 9.91. The highest BCUT2D eigenvalue weighted by molar-refractivity contribution is 5.68. The number of amides is 1. The zero-order chi connectivity index (χ0) is 16.9. The van der Waals surface area contributed by atoms with Gasteiger partial charge in [-0.15, -0.1) is 0 Å². The summed E-state index contributed by atoms with van der Waals surface area (Å²) in [6.07, 6.45) is 3.99. The average molecular weight is 318 g/mol. The Labute approximate surface area is 140 Å². The minimum atomic E-state index is -0.443. The fourth-order valence-electron chi connectivity index (χ4n) is 3.04. The van der Waals surface area contributed by atoms with Gasteiger partial charge in [0.25, 0.3) is 0 Å². The summed E-state index contributed by atoms with van der Waals surface area (Å²) in [5.74, 6) is 0. The quantitative estimate of drug-likeness (QED) is 0.884. The van der Waals surface area contributed by atoms with Crippen LogP contribution in [0.1, 0.15) is 57.6 Å². The van der Waals surface area contributed by atoms with Gasteiger partial charge < -0.3 is 15.4 Å². The molecule has 4 heteroatoms. The Morgan fingerprint density at radius 1 is 1.22 bits per heavy atom. The van der Waals surface area contributed by atoms with Gasteiger partial charge in [-0.1, -0.05) is 24.3 Å². The van der Waals surface area contributed by atoms with Gasteiger partial charge in [-0.2, -0.15) is 0 Å². The third-order valence-electron chi connectivity index (χ3n) is 4.24. The van der Waals surface area contributed by atoms with Gasteiger partial charge in [0.05, 0.1) is 0 Å². The van der Waals surface area contributed by atoms with E-state index in [1.165, 1.54) is 17.5 Å². The highest BCUT2D eigenvalue weighted by Crippen LogP contribution is 2.20. The van der Waals surface area contributed by atoms with Crippen LogP contribution in [0.2, 0.25) is 0 Å². The largest absolute Gasteiger partial charge is 0.444 e. The molecule has 0 saturated heterocycles. The Morgan fingerprint density at radius 2 is 1.91 bits per heavy atom. The van der Waals surface area contributed by atoms with Crippen molar-refractivity contribution >= 4 is 6.09 Å². The topological polar surface area (TPSA) is 50.4 Å². The second-order valence-corrected chi connectivity index (χ2v) is 7.51. The van der Waals surface area contributed by atoms with Crippen LogP contribution < -0.4 is 10.6 Å². The van der Waals surface area contributed by atoms with Crippen LogP contribution in [0.5, 0.6) is 0 Å². The number of hydrogen-bond acceptors (Lipinski definition) is 3. The number of nitrogens with one attached hydrogen (secondary N) is 2. The lowest BCUT2D eigenvalue weighted by Gasteiger charge is -2.31. The number of rotatable bonds is 4. The summed E-state index contributed by atoms with van der Waals surface area (Å²) in [6.45, 7) is 8.70. The molecule has 1 amide bonds. The lowest BCUT2D eigenvalue weighted by Crippen LogP contribution is -2.45. The average Bonchev–Trinajstić information content (AvgIpc) is 2.45. The molecule has 2 unspecified atom stereocenters. The minimum absolute atomic E-state index is 0.202. The molecular weight excluding hydrogens is 288 g/mol. The molecule has 1 fully saturated rings. The van der Waals surface area contributed by atoms with E-state index in [2.05, 4.69) is 41.8 Å². The molecule has 128 valence electrons. The van der Waals surface area contributed by atoms with Crippen molar-refractivity contribution in [3.05, 3.63) is 35.4 Å². The van der Waals surface area contributed by atoms with E-state index in [-0.39, 0.29) is 12.1 Å². The molecule has 2 N–H and O–H groups in total. The summed E-state index contributed by atoms with van der Waals surface area (Å²) in [7, 11) is 0. The van der Waals surface area contributed by atoms with E-state index < -0.39 is 5.60 Å². The third kappa shape index (κ3) is 6.22. The highest BCUT2D eigenvalue weighted by Gasteiger charge is 2.25. The Balaban J connectivity index is 1.79. The fraction of sp³-hybridized carbons (Fsp3) is 0.632. The van der Waals surface area contributed by atoms with Crippen molar-refractivity contribution < 1.29 is 9.53 Å². The fourth-order valence-corrected chi connectivity index (χ4v) is 3.04. The Bertz CT molecular complexity index is 522. The monoisotopic (exact) mass is 318 g/mol. The molecule has 1 saturated carbocycles. The predicted octanol–water partition coefficient (Wildman–Crippen LogP) is 3.92. The van der Waals surface area contributed by atoms with Crippen molar-refractivity contribution in [1.82, 2.24) is 10.6 Å². The molecule has 1 aromatic carbocycles.